The molecule has 1 aromatic carbocycles. The van der Waals surface area contributed by atoms with E-state index in [0.717, 1.165) is 28.3 Å². The van der Waals surface area contributed by atoms with Gasteiger partial charge in [-0.3, -0.25) is 0 Å². The smallest absolute Gasteiger partial charge is 0.138 e. The van der Waals surface area contributed by atoms with Crippen LogP contribution in [-0.2, 0) is 6.54 Å². The number of benzene rings is 1. The lowest BCUT2D eigenvalue weighted by atomic mass is 10.1. The quantitative estimate of drug-likeness (QED) is 0.777. The van der Waals surface area contributed by atoms with Crippen LogP contribution < -0.4 is 5.32 Å². The Balaban J connectivity index is 1.98. The van der Waals surface area contributed by atoms with Gasteiger partial charge in [0.25, 0.3) is 0 Å². The fourth-order valence-corrected chi connectivity index (χ4v) is 2.07. The van der Waals surface area contributed by atoms with Gasteiger partial charge in [-0.15, -0.1) is 0 Å². The Morgan fingerprint density at radius 2 is 1.95 bits per heavy atom. The van der Waals surface area contributed by atoms with Crippen molar-refractivity contribution in [2.24, 2.45) is 0 Å². The van der Waals surface area contributed by atoms with Gasteiger partial charge in [-0.1, -0.05) is 26.0 Å². The minimum Gasteiger partial charge on any atom is -0.467 e. The molecule has 0 spiro atoms. The summed E-state index contributed by atoms with van der Waals surface area (Å²) >= 11 is 0. The van der Waals surface area contributed by atoms with Crippen LogP contribution in [0, 0.1) is 0 Å². The van der Waals surface area contributed by atoms with Gasteiger partial charge < -0.3 is 9.73 Å². The second-order valence-electron chi connectivity index (χ2n) is 5.04. The molecular formula is C16H17N3O. The highest BCUT2D eigenvalue weighted by molar-refractivity contribution is 5.88. The van der Waals surface area contributed by atoms with Gasteiger partial charge in [0.2, 0.25) is 0 Å². The largest absolute Gasteiger partial charge is 0.467 e. The molecule has 0 aliphatic carbocycles. The average Bonchev–Trinajstić information content (AvgIpc) is 2.97. The molecule has 1 N–H and O–H groups in total. The van der Waals surface area contributed by atoms with Gasteiger partial charge in [0, 0.05) is 11.3 Å². The number of rotatable bonds is 4. The normalized spacial score (nSPS) is 11.2. The van der Waals surface area contributed by atoms with E-state index in [4.69, 9.17) is 4.42 Å². The van der Waals surface area contributed by atoms with Crippen molar-refractivity contribution in [3.8, 4) is 0 Å². The highest BCUT2D eigenvalue weighted by Crippen LogP contribution is 2.23. The molecule has 0 saturated carbocycles. The molecule has 4 heteroatoms. The minimum absolute atomic E-state index is 0.295. The van der Waals surface area contributed by atoms with Crippen LogP contribution in [-0.4, -0.2) is 9.97 Å². The molecule has 0 bridgehead atoms. The lowest BCUT2D eigenvalue weighted by molar-refractivity contribution is 0.518. The first-order valence-corrected chi connectivity index (χ1v) is 6.77. The van der Waals surface area contributed by atoms with Crippen molar-refractivity contribution in [1.29, 1.82) is 0 Å². The van der Waals surface area contributed by atoms with Crippen LogP contribution in [0.2, 0.25) is 0 Å². The first-order valence-electron chi connectivity index (χ1n) is 6.77. The molecule has 0 aliphatic heterocycles. The Bertz CT molecular complexity index is 705. The molecule has 0 amide bonds. The summed E-state index contributed by atoms with van der Waals surface area (Å²) in [7, 11) is 0. The number of hydrogen-bond donors (Lipinski definition) is 1. The highest BCUT2D eigenvalue weighted by Gasteiger charge is 2.10. The van der Waals surface area contributed by atoms with Crippen LogP contribution >= 0.6 is 0 Å². The third kappa shape index (κ3) is 2.50. The van der Waals surface area contributed by atoms with E-state index >= 15 is 0 Å². The summed E-state index contributed by atoms with van der Waals surface area (Å²) in [6.45, 7) is 4.81. The van der Waals surface area contributed by atoms with E-state index in [0.29, 0.717) is 12.5 Å². The summed E-state index contributed by atoms with van der Waals surface area (Å²) in [6, 6.07) is 11.9. The zero-order chi connectivity index (χ0) is 13.9. The second kappa shape index (κ2) is 5.33. The Kier molecular flexibility index (Phi) is 3.37. The molecule has 0 atom stereocenters. The maximum atomic E-state index is 5.34. The molecule has 0 saturated heterocycles. The van der Waals surface area contributed by atoms with Gasteiger partial charge in [0.05, 0.1) is 18.3 Å². The Hall–Kier alpha value is -2.36. The molecule has 20 heavy (non-hydrogen) atoms. The third-order valence-electron chi connectivity index (χ3n) is 3.15. The number of nitrogens with zero attached hydrogens (tertiary/aromatic N) is 2. The summed E-state index contributed by atoms with van der Waals surface area (Å²) in [4.78, 5) is 9.24. The van der Waals surface area contributed by atoms with Crippen LogP contribution in [0.5, 0.6) is 0 Å². The maximum Gasteiger partial charge on any atom is 0.138 e. The molecule has 2 heterocycles. The van der Waals surface area contributed by atoms with Gasteiger partial charge in [-0.25, -0.2) is 9.97 Å². The predicted molar refractivity (Wildman–Crippen MR) is 79.7 cm³/mol. The molecule has 102 valence electrons. The van der Waals surface area contributed by atoms with E-state index in [1.165, 1.54) is 0 Å². The summed E-state index contributed by atoms with van der Waals surface area (Å²) < 4.78 is 5.34. The third-order valence-corrected chi connectivity index (χ3v) is 3.15. The molecule has 3 rings (SSSR count). The standard InChI is InChI=1S/C16H17N3O/c1-11(2)15-18-14-8-4-3-7-13(14)16(19-15)17-10-12-6-5-9-20-12/h3-9,11H,10H2,1-2H3,(H,17,18,19). The Morgan fingerprint density at radius 1 is 1.10 bits per heavy atom. The number of fused-ring (bicyclic) bond motifs is 1. The first kappa shape index (κ1) is 12.7. The van der Waals surface area contributed by atoms with Crippen LogP contribution in [0.3, 0.4) is 0 Å². The summed E-state index contributed by atoms with van der Waals surface area (Å²) in [5, 5.41) is 4.37. The summed E-state index contributed by atoms with van der Waals surface area (Å²) in [5.74, 6) is 2.89. The fourth-order valence-electron chi connectivity index (χ4n) is 2.07. The molecular weight excluding hydrogens is 250 g/mol. The molecule has 0 aliphatic rings. The van der Waals surface area contributed by atoms with Crippen molar-refractivity contribution >= 4 is 16.7 Å². The van der Waals surface area contributed by atoms with E-state index in [1.807, 2.05) is 36.4 Å². The first-order chi connectivity index (χ1) is 9.74. The molecule has 2 aromatic heterocycles. The van der Waals surface area contributed by atoms with Crippen molar-refractivity contribution in [1.82, 2.24) is 9.97 Å². The molecule has 0 fully saturated rings. The SMILES string of the molecule is CC(C)c1nc(NCc2ccco2)c2ccccc2n1. The molecule has 0 unspecified atom stereocenters. The van der Waals surface area contributed by atoms with Gasteiger partial charge in [0.15, 0.2) is 0 Å². The maximum absolute atomic E-state index is 5.34. The van der Waals surface area contributed by atoms with Crippen molar-refractivity contribution in [3.63, 3.8) is 0 Å². The lowest BCUT2D eigenvalue weighted by Crippen LogP contribution is -2.06. The van der Waals surface area contributed by atoms with Crippen molar-refractivity contribution in [2.45, 2.75) is 26.3 Å². The number of aromatic nitrogens is 2. The van der Waals surface area contributed by atoms with Gasteiger partial charge >= 0.3 is 0 Å². The van der Waals surface area contributed by atoms with E-state index in [-0.39, 0.29) is 0 Å². The van der Waals surface area contributed by atoms with Gasteiger partial charge in [-0.2, -0.15) is 0 Å². The van der Waals surface area contributed by atoms with Crippen LogP contribution in [0.4, 0.5) is 5.82 Å². The molecule has 0 radical (unpaired) electrons. The molecule has 4 nitrogen and oxygen atoms in total. The van der Waals surface area contributed by atoms with Gasteiger partial charge in [0.1, 0.15) is 17.4 Å². The van der Waals surface area contributed by atoms with Gasteiger partial charge in [-0.05, 0) is 24.3 Å². The Labute approximate surface area is 117 Å². The van der Waals surface area contributed by atoms with Crippen molar-refractivity contribution in [3.05, 3.63) is 54.2 Å². The number of anilines is 1. The summed E-state index contributed by atoms with van der Waals surface area (Å²) in [5.41, 5.74) is 0.966. The van der Waals surface area contributed by atoms with Crippen molar-refractivity contribution in [2.75, 3.05) is 5.32 Å². The fraction of sp³-hybridized carbons (Fsp3) is 0.250. The van der Waals surface area contributed by atoms with Crippen molar-refractivity contribution < 1.29 is 4.42 Å². The van der Waals surface area contributed by atoms with Crippen LogP contribution in [0.1, 0.15) is 31.4 Å². The number of para-hydroxylation sites is 1. The highest BCUT2D eigenvalue weighted by atomic mass is 16.3. The topological polar surface area (TPSA) is 51.0 Å². The average molecular weight is 267 g/mol. The molecule has 3 aromatic rings. The zero-order valence-electron chi connectivity index (χ0n) is 11.6. The van der Waals surface area contributed by atoms with Crippen LogP contribution in [0.15, 0.2) is 47.1 Å². The summed E-state index contributed by atoms with van der Waals surface area (Å²) in [6.07, 6.45) is 1.68. The Morgan fingerprint density at radius 3 is 2.70 bits per heavy atom. The van der Waals surface area contributed by atoms with E-state index in [2.05, 4.69) is 29.1 Å². The number of nitrogens with one attached hydrogen (secondary N) is 1. The number of hydrogen-bond acceptors (Lipinski definition) is 4. The number of furan rings is 1. The minimum atomic E-state index is 0.295. The van der Waals surface area contributed by atoms with E-state index in [1.54, 1.807) is 6.26 Å². The zero-order valence-corrected chi connectivity index (χ0v) is 11.6. The monoisotopic (exact) mass is 267 g/mol. The van der Waals surface area contributed by atoms with Crippen LogP contribution in [0.25, 0.3) is 10.9 Å². The van der Waals surface area contributed by atoms with E-state index < -0.39 is 0 Å². The lowest BCUT2D eigenvalue weighted by Gasteiger charge is -2.11. The van der Waals surface area contributed by atoms with E-state index in [9.17, 15) is 0 Å². The second-order valence-corrected chi connectivity index (χ2v) is 5.04. The predicted octanol–water partition coefficient (Wildman–Crippen LogP) is 3.96.